The van der Waals surface area contributed by atoms with Crippen LogP contribution in [0.3, 0.4) is 0 Å². The lowest BCUT2D eigenvalue weighted by Gasteiger charge is -2.17. The van der Waals surface area contributed by atoms with Crippen LogP contribution in [0.25, 0.3) is 0 Å². The zero-order valence-electron chi connectivity index (χ0n) is 14.6. The molecule has 1 rings (SSSR count). The Labute approximate surface area is 143 Å². The van der Waals surface area contributed by atoms with Crippen molar-refractivity contribution in [3.63, 3.8) is 0 Å². The first-order valence-corrected chi connectivity index (χ1v) is 7.86. The van der Waals surface area contributed by atoms with Crippen molar-refractivity contribution in [1.29, 1.82) is 0 Å². The smallest absolute Gasteiger partial charge is 0.328 e. The SMILES string of the molecule is C=C/C1=C(\C=C)C(=O)NC(C(=O)OC)C/C=C/CCC(=O)N1.CC. The fourth-order valence-corrected chi connectivity index (χ4v) is 1.92. The van der Waals surface area contributed by atoms with Gasteiger partial charge in [0.15, 0.2) is 0 Å². The second-order valence-electron chi connectivity index (χ2n) is 4.58. The number of ether oxygens (including phenoxy) is 1. The molecule has 0 saturated heterocycles. The van der Waals surface area contributed by atoms with Crippen molar-refractivity contribution < 1.29 is 19.1 Å². The van der Waals surface area contributed by atoms with Gasteiger partial charge in [0.25, 0.3) is 5.91 Å². The average molecular weight is 334 g/mol. The molecular formula is C18H26N2O4. The van der Waals surface area contributed by atoms with E-state index in [1.54, 1.807) is 12.2 Å². The van der Waals surface area contributed by atoms with Crippen LogP contribution in [0.2, 0.25) is 0 Å². The predicted molar refractivity (Wildman–Crippen MR) is 93.8 cm³/mol. The molecular weight excluding hydrogens is 308 g/mol. The molecule has 6 heteroatoms. The quantitative estimate of drug-likeness (QED) is 0.612. The van der Waals surface area contributed by atoms with E-state index in [2.05, 4.69) is 28.5 Å². The van der Waals surface area contributed by atoms with E-state index in [4.69, 9.17) is 0 Å². The van der Waals surface area contributed by atoms with Crippen LogP contribution in [-0.2, 0) is 19.1 Å². The van der Waals surface area contributed by atoms with Crippen molar-refractivity contribution in [2.24, 2.45) is 0 Å². The van der Waals surface area contributed by atoms with Crippen molar-refractivity contribution in [3.8, 4) is 0 Å². The second-order valence-corrected chi connectivity index (χ2v) is 4.58. The zero-order chi connectivity index (χ0) is 18.5. The van der Waals surface area contributed by atoms with Crippen molar-refractivity contribution >= 4 is 17.8 Å². The molecule has 1 aliphatic rings. The van der Waals surface area contributed by atoms with E-state index < -0.39 is 17.9 Å². The molecule has 0 aromatic carbocycles. The van der Waals surface area contributed by atoms with Gasteiger partial charge < -0.3 is 15.4 Å². The van der Waals surface area contributed by atoms with Gasteiger partial charge >= 0.3 is 5.97 Å². The highest BCUT2D eigenvalue weighted by atomic mass is 16.5. The lowest BCUT2D eigenvalue weighted by molar-refractivity contribution is -0.144. The van der Waals surface area contributed by atoms with E-state index >= 15 is 0 Å². The Morgan fingerprint density at radius 1 is 1.25 bits per heavy atom. The zero-order valence-corrected chi connectivity index (χ0v) is 14.6. The normalized spacial score (nSPS) is 23.0. The first kappa shape index (κ1) is 21.4. The molecule has 1 atom stereocenters. The standard InChI is InChI=1S/C16H20N2O4.C2H6/c1-4-11-12(5-2)17-14(19)10-8-6-7-9-13(16(21)22-3)18-15(11)20;1-2/h4-7,13H,1-2,8-10H2,3H3,(H,17,19)(H,18,20);1-2H3/b7-6+,12-11-;. The maximum absolute atomic E-state index is 12.3. The molecule has 1 unspecified atom stereocenters. The molecule has 2 N–H and O–H groups in total. The topological polar surface area (TPSA) is 84.5 Å². The Morgan fingerprint density at radius 2 is 1.92 bits per heavy atom. The fourth-order valence-electron chi connectivity index (χ4n) is 1.92. The minimum atomic E-state index is -0.801. The van der Waals surface area contributed by atoms with Gasteiger partial charge in [-0.3, -0.25) is 9.59 Å². The molecule has 1 heterocycles. The number of hydrogen-bond acceptors (Lipinski definition) is 4. The molecule has 6 nitrogen and oxygen atoms in total. The summed E-state index contributed by atoms with van der Waals surface area (Å²) in [5, 5.41) is 5.19. The molecule has 24 heavy (non-hydrogen) atoms. The van der Waals surface area contributed by atoms with Crippen molar-refractivity contribution in [1.82, 2.24) is 10.6 Å². The molecule has 132 valence electrons. The average Bonchev–Trinajstić information content (AvgIpc) is 2.60. The summed E-state index contributed by atoms with van der Waals surface area (Å²) < 4.78 is 4.68. The lowest BCUT2D eigenvalue weighted by atomic mass is 10.1. The molecule has 0 saturated carbocycles. The molecule has 0 radical (unpaired) electrons. The van der Waals surface area contributed by atoms with Gasteiger partial charge in [0.2, 0.25) is 5.91 Å². The molecule has 0 spiro atoms. The van der Waals surface area contributed by atoms with Gasteiger partial charge in [-0.25, -0.2) is 4.79 Å². The predicted octanol–water partition coefficient (Wildman–Crippen LogP) is 2.15. The monoisotopic (exact) mass is 334 g/mol. The Hall–Kier alpha value is -2.63. The summed E-state index contributed by atoms with van der Waals surface area (Å²) in [5.74, 6) is -1.30. The van der Waals surface area contributed by atoms with Crippen LogP contribution in [0.15, 0.2) is 48.7 Å². The van der Waals surface area contributed by atoms with Crippen LogP contribution >= 0.6 is 0 Å². The van der Waals surface area contributed by atoms with Crippen LogP contribution in [0.1, 0.15) is 33.1 Å². The maximum atomic E-state index is 12.3. The van der Waals surface area contributed by atoms with Gasteiger partial charge in [-0.2, -0.15) is 0 Å². The third-order valence-corrected chi connectivity index (χ3v) is 3.08. The number of carbonyl (C=O) groups is 3. The Balaban J connectivity index is 0.00000254. The molecule has 0 aromatic rings. The van der Waals surface area contributed by atoms with Gasteiger partial charge in [0.05, 0.1) is 18.4 Å². The van der Waals surface area contributed by atoms with Gasteiger partial charge in [-0.05, 0) is 18.9 Å². The number of amides is 2. The molecule has 2 amide bonds. The summed E-state index contributed by atoms with van der Waals surface area (Å²) >= 11 is 0. The van der Waals surface area contributed by atoms with Gasteiger partial charge in [-0.15, -0.1) is 0 Å². The van der Waals surface area contributed by atoms with Crippen LogP contribution < -0.4 is 10.6 Å². The highest BCUT2D eigenvalue weighted by Crippen LogP contribution is 2.09. The van der Waals surface area contributed by atoms with Crippen LogP contribution in [0.5, 0.6) is 0 Å². The molecule has 1 aliphatic heterocycles. The van der Waals surface area contributed by atoms with E-state index in [1.807, 2.05) is 13.8 Å². The van der Waals surface area contributed by atoms with E-state index in [1.165, 1.54) is 19.3 Å². The van der Waals surface area contributed by atoms with Gasteiger partial charge in [0, 0.05) is 6.42 Å². The summed E-state index contributed by atoms with van der Waals surface area (Å²) in [5.41, 5.74) is 0.396. The number of methoxy groups -OCH3 is 1. The van der Waals surface area contributed by atoms with Gasteiger partial charge in [-0.1, -0.05) is 45.2 Å². The Bertz CT molecular complexity index is 547. The minimum absolute atomic E-state index is 0.141. The van der Waals surface area contributed by atoms with Crippen molar-refractivity contribution in [2.45, 2.75) is 39.2 Å². The van der Waals surface area contributed by atoms with E-state index in [0.717, 1.165) is 0 Å². The fraction of sp³-hybridized carbons (Fsp3) is 0.389. The van der Waals surface area contributed by atoms with Gasteiger partial charge in [0.1, 0.15) is 6.04 Å². The number of allylic oxidation sites excluding steroid dienone is 2. The van der Waals surface area contributed by atoms with Crippen LogP contribution in [0.4, 0.5) is 0 Å². The summed E-state index contributed by atoms with van der Waals surface area (Å²) in [6, 6.07) is -0.801. The van der Waals surface area contributed by atoms with E-state index in [-0.39, 0.29) is 30.0 Å². The number of nitrogens with one attached hydrogen (secondary N) is 2. The Morgan fingerprint density at radius 3 is 2.46 bits per heavy atom. The largest absolute Gasteiger partial charge is 0.467 e. The molecule has 0 aliphatic carbocycles. The van der Waals surface area contributed by atoms with Crippen LogP contribution in [0, 0.1) is 0 Å². The minimum Gasteiger partial charge on any atom is -0.467 e. The highest BCUT2D eigenvalue weighted by molar-refractivity contribution is 6.00. The number of carbonyl (C=O) groups excluding carboxylic acids is 3. The van der Waals surface area contributed by atoms with E-state index in [9.17, 15) is 14.4 Å². The van der Waals surface area contributed by atoms with E-state index in [0.29, 0.717) is 6.42 Å². The summed E-state index contributed by atoms with van der Waals surface area (Å²) in [6.07, 6.45) is 7.28. The summed E-state index contributed by atoms with van der Waals surface area (Å²) in [6.45, 7) is 11.2. The highest BCUT2D eigenvalue weighted by Gasteiger charge is 2.23. The van der Waals surface area contributed by atoms with Crippen molar-refractivity contribution in [2.75, 3.05) is 7.11 Å². The van der Waals surface area contributed by atoms with Crippen LogP contribution in [-0.4, -0.2) is 30.9 Å². The molecule has 0 bridgehead atoms. The molecule has 0 fully saturated rings. The first-order chi connectivity index (χ1) is 11.5. The first-order valence-electron chi connectivity index (χ1n) is 7.86. The Kier molecular flexibility index (Phi) is 10.6. The maximum Gasteiger partial charge on any atom is 0.328 e. The third-order valence-electron chi connectivity index (χ3n) is 3.08. The second kappa shape index (κ2) is 11.9. The number of esters is 1. The summed E-state index contributed by atoms with van der Waals surface area (Å²) in [4.78, 5) is 35.8. The van der Waals surface area contributed by atoms with Crippen molar-refractivity contribution in [3.05, 3.63) is 48.7 Å². The lowest BCUT2D eigenvalue weighted by Crippen LogP contribution is -2.42. The number of hydrogen-bond donors (Lipinski definition) is 2. The summed E-state index contributed by atoms with van der Waals surface area (Å²) in [7, 11) is 1.26. The third kappa shape index (κ3) is 6.64. The number of rotatable bonds is 3. The molecule has 0 aromatic heterocycles.